The molecule has 2 aliphatic heterocycles. The van der Waals surface area contributed by atoms with Gasteiger partial charge in [-0.3, -0.25) is 9.79 Å². The second kappa shape index (κ2) is 6.24. The number of hydrogen-bond donors (Lipinski definition) is 1. The lowest BCUT2D eigenvalue weighted by molar-refractivity contribution is -0.131. The average molecular weight is 370 g/mol. The number of aliphatic imine (C=N–C) groups is 1. The normalized spacial score (nSPS) is 37.7. The van der Waals surface area contributed by atoms with E-state index in [1.807, 2.05) is 17.9 Å². The van der Waals surface area contributed by atoms with Crippen LogP contribution in [-0.4, -0.2) is 41.2 Å². The summed E-state index contributed by atoms with van der Waals surface area (Å²) in [6.45, 7) is 2.63. The molecule has 3 aliphatic rings. The third-order valence-electron chi connectivity index (χ3n) is 4.93. The highest BCUT2D eigenvalue weighted by Gasteiger charge is 2.41. The van der Waals surface area contributed by atoms with E-state index in [4.69, 9.17) is 10.7 Å². The number of fused-ring (bicyclic) bond motifs is 1. The molecule has 4 nitrogen and oxygen atoms in total. The van der Waals surface area contributed by atoms with Crippen LogP contribution >= 0.6 is 15.9 Å². The summed E-state index contributed by atoms with van der Waals surface area (Å²) in [6, 6.07) is -0.341. The van der Waals surface area contributed by atoms with Crippen molar-refractivity contribution in [2.24, 2.45) is 16.6 Å². The first-order chi connectivity index (χ1) is 10.5. The molecule has 2 heterocycles. The lowest BCUT2D eigenvalue weighted by Crippen LogP contribution is -2.56. The van der Waals surface area contributed by atoms with Crippen molar-refractivity contribution >= 4 is 27.5 Å². The van der Waals surface area contributed by atoms with Gasteiger partial charge in [0, 0.05) is 22.7 Å². The maximum atomic E-state index is 14.1. The molecule has 0 radical (unpaired) electrons. The Kier molecular flexibility index (Phi) is 4.50. The van der Waals surface area contributed by atoms with Crippen LogP contribution in [0.3, 0.4) is 0 Å². The molecule has 3 rings (SSSR count). The monoisotopic (exact) mass is 369 g/mol. The van der Waals surface area contributed by atoms with Gasteiger partial charge >= 0.3 is 0 Å². The molecule has 2 N–H and O–H groups in total. The summed E-state index contributed by atoms with van der Waals surface area (Å²) in [7, 11) is 0. The molecule has 0 aromatic heterocycles. The topological polar surface area (TPSA) is 58.7 Å². The van der Waals surface area contributed by atoms with Gasteiger partial charge in [-0.05, 0) is 25.3 Å². The quantitative estimate of drug-likeness (QED) is 0.772. The van der Waals surface area contributed by atoms with Crippen LogP contribution in [0.4, 0.5) is 4.39 Å². The number of halogens is 2. The molecule has 1 amide bonds. The molecule has 0 spiro atoms. The number of carbonyl (C=O) groups is 1. The van der Waals surface area contributed by atoms with E-state index in [0.717, 1.165) is 29.6 Å². The van der Waals surface area contributed by atoms with Gasteiger partial charge in [-0.1, -0.05) is 28.9 Å². The third kappa shape index (κ3) is 2.91. The van der Waals surface area contributed by atoms with Crippen LogP contribution in [0, 0.1) is 5.92 Å². The first-order valence-electron chi connectivity index (χ1n) is 7.81. The summed E-state index contributed by atoms with van der Waals surface area (Å²) in [6.07, 6.45) is 6.28. The van der Waals surface area contributed by atoms with E-state index in [-0.39, 0.29) is 42.2 Å². The van der Waals surface area contributed by atoms with Gasteiger partial charge in [0.1, 0.15) is 5.83 Å². The predicted molar refractivity (Wildman–Crippen MR) is 88.5 cm³/mol. The largest absolute Gasteiger partial charge is 0.337 e. The highest BCUT2D eigenvalue weighted by Crippen LogP contribution is 2.31. The molecule has 2 saturated heterocycles. The molecule has 6 heteroatoms. The number of allylic oxidation sites excluding steroid dienone is 2. The van der Waals surface area contributed by atoms with Crippen LogP contribution in [-0.2, 0) is 4.79 Å². The van der Waals surface area contributed by atoms with Crippen LogP contribution in [0.15, 0.2) is 27.5 Å². The Morgan fingerprint density at radius 2 is 2.27 bits per heavy atom. The van der Waals surface area contributed by atoms with Gasteiger partial charge in [-0.25, -0.2) is 4.39 Å². The molecule has 22 heavy (non-hydrogen) atoms. The molecule has 1 aliphatic carbocycles. The van der Waals surface area contributed by atoms with Crippen molar-refractivity contribution in [3.05, 3.63) is 22.5 Å². The average Bonchev–Trinajstić information content (AvgIpc) is 2.93. The van der Waals surface area contributed by atoms with Crippen molar-refractivity contribution in [3.63, 3.8) is 0 Å². The zero-order valence-corrected chi connectivity index (χ0v) is 14.2. The molecular weight excluding hydrogens is 349 g/mol. The first-order valence-corrected chi connectivity index (χ1v) is 8.61. The summed E-state index contributed by atoms with van der Waals surface area (Å²) in [5.74, 6) is -0.382. The fourth-order valence-corrected chi connectivity index (χ4v) is 3.93. The Hall–Kier alpha value is -1.01. The Balaban J connectivity index is 1.85. The van der Waals surface area contributed by atoms with Gasteiger partial charge in [0.05, 0.1) is 24.5 Å². The molecule has 0 aromatic rings. The van der Waals surface area contributed by atoms with Crippen LogP contribution < -0.4 is 5.73 Å². The van der Waals surface area contributed by atoms with E-state index in [2.05, 4.69) is 15.9 Å². The van der Waals surface area contributed by atoms with Gasteiger partial charge in [0.25, 0.3) is 0 Å². The Bertz CT molecular complexity index is 572. The molecule has 4 atom stereocenters. The molecule has 120 valence electrons. The smallest absolute Gasteiger partial charge is 0.228 e. The number of carbonyl (C=O) groups excluding carboxylic acids is 1. The molecule has 0 aromatic carbocycles. The van der Waals surface area contributed by atoms with Gasteiger partial charge in [0.2, 0.25) is 5.91 Å². The minimum atomic E-state index is -0.303. The zero-order chi connectivity index (χ0) is 15.9. The summed E-state index contributed by atoms with van der Waals surface area (Å²) in [5, 5.41) is 0. The Morgan fingerprint density at radius 3 is 3.05 bits per heavy atom. The minimum absolute atomic E-state index is 0.0729. The van der Waals surface area contributed by atoms with Crippen LogP contribution in [0.5, 0.6) is 0 Å². The second-order valence-electron chi connectivity index (χ2n) is 6.33. The van der Waals surface area contributed by atoms with Gasteiger partial charge in [-0.2, -0.15) is 0 Å². The van der Waals surface area contributed by atoms with Gasteiger partial charge in [0.15, 0.2) is 0 Å². The van der Waals surface area contributed by atoms with Crippen LogP contribution in [0.25, 0.3) is 0 Å². The van der Waals surface area contributed by atoms with Crippen LogP contribution in [0.2, 0.25) is 0 Å². The van der Waals surface area contributed by atoms with Crippen molar-refractivity contribution in [1.82, 2.24) is 4.90 Å². The third-order valence-corrected chi connectivity index (χ3v) is 5.48. The van der Waals surface area contributed by atoms with E-state index >= 15 is 0 Å². The van der Waals surface area contributed by atoms with Gasteiger partial charge < -0.3 is 10.6 Å². The zero-order valence-electron chi connectivity index (χ0n) is 12.6. The van der Waals surface area contributed by atoms with E-state index in [1.54, 1.807) is 0 Å². The number of nitrogens with zero attached hydrogens (tertiary/aromatic N) is 2. The number of hydrogen-bond acceptors (Lipinski definition) is 3. The maximum absolute atomic E-state index is 14.1. The summed E-state index contributed by atoms with van der Waals surface area (Å²) < 4.78 is 14.8. The number of amides is 1. The fourth-order valence-electron chi connectivity index (χ4n) is 3.52. The van der Waals surface area contributed by atoms with E-state index < -0.39 is 0 Å². The standard InChI is InChI=1S/C16H21BrFN3O/c1-9-11(18)7-10(17)4-5-12(9)20-13-8-15(22)21-6-2-3-14(21)16(13)19/h4,7,9,12,14,16H,2-3,5-6,8,19H2,1H3. The molecule has 0 saturated carbocycles. The second-order valence-corrected chi connectivity index (χ2v) is 7.25. The summed E-state index contributed by atoms with van der Waals surface area (Å²) >= 11 is 3.33. The first kappa shape index (κ1) is 15.9. The SMILES string of the molecule is CC1C(F)=CC(Br)=CCC1N=C1CC(=O)N2CCCC2C1N. The molecule has 0 bridgehead atoms. The number of piperidine rings is 1. The van der Waals surface area contributed by atoms with E-state index in [1.165, 1.54) is 6.08 Å². The minimum Gasteiger partial charge on any atom is -0.337 e. The Labute approximate surface area is 138 Å². The van der Waals surface area contributed by atoms with Gasteiger partial charge in [-0.15, -0.1) is 0 Å². The summed E-state index contributed by atoms with van der Waals surface area (Å²) in [4.78, 5) is 18.8. The van der Waals surface area contributed by atoms with Crippen molar-refractivity contribution in [3.8, 4) is 0 Å². The fraction of sp³-hybridized carbons (Fsp3) is 0.625. The summed E-state index contributed by atoms with van der Waals surface area (Å²) in [5.41, 5.74) is 7.07. The predicted octanol–water partition coefficient (Wildman–Crippen LogP) is 2.69. The number of rotatable bonds is 1. The highest BCUT2D eigenvalue weighted by atomic mass is 79.9. The van der Waals surface area contributed by atoms with Crippen molar-refractivity contribution in [1.29, 1.82) is 0 Å². The van der Waals surface area contributed by atoms with Crippen molar-refractivity contribution in [2.45, 2.75) is 50.7 Å². The molecular formula is C16H21BrFN3O. The van der Waals surface area contributed by atoms with E-state index in [9.17, 15) is 9.18 Å². The van der Waals surface area contributed by atoms with Crippen molar-refractivity contribution in [2.75, 3.05) is 6.54 Å². The molecule has 4 unspecified atom stereocenters. The Morgan fingerprint density at radius 1 is 1.50 bits per heavy atom. The van der Waals surface area contributed by atoms with Crippen molar-refractivity contribution < 1.29 is 9.18 Å². The molecule has 2 fully saturated rings. The maximum Gasteiger partial charge on any atom is 0.228 e. The number of nitrogens with two attached hydrogens (primary N) is 1. The highest BCUT2D eigenvalue weighted by molar-refractivity contribution is 9.11. The van der Waals surface area contributed by atoms with Crippen LogP contribution in [0.1, 0.15) is 32.6 Å². The van der Waals surface area contributed by atoms with E-state index in [0.29, 0.717) is 6.42 Å². The lowest BCUT2D eigenvalue weighted by Gasteiger charge is -2.36. The lowest BCUT2D eigenvalue weighted by atomic mass is 9.93.